The first-order chi connectivity index (χ1) is 20.5. The fourth-order valence-corrected chi connectivity index (χ4v) is 7.83. The Bertz CT molecular complexity index is 1730. The van der Waals surface area contributed by atoms with E-state index >= 15 is 0 Å². The first-order valence-electron chi connectivity index (χ1n) is 13.6. The molecule has 3 atom stereocenters. The molecule has 0 bridgehead atoms. The summed E-state index contributed by atoms with van der Waals surface area (Å²) in [5.74, 6) is -0.487. The lowest BCUT2D eigenvalue weighted by atomic mass is 9.64. The van der Waals surface area contributed by atoms with Crippen molar-refractivity contribution in [1.29, 1.82) is 0 Å². The van der Waals surface area contributed by atoms with Gasteiger partial charge in [0.05, 0.1) is 32.2 Å². The first-order valence-corrected chi connectivity index (χ1v) is 14.5. The average molecular weight is 578 g/mol. The molecule has 4 aromatic rings. The number of fused-ring (bicyclic) bond motifs is 5. The van der Waals surface area contributed by atoms with Crippen molar-refractivity contribution >= 4 is 40.4 Å². The van der Waals surface area contributed by atoms with Crippen molar-refractivity contribution in [3.05, 3.63) is 111 Å². The zero-order chi connectivity index (χ0) is 29.2. The van der Waals surface area contributed by atoms with Gasteiger partial charge in [0.1, 0.15) is 11.5 Å². The van der Waals surface area contributed by atoms with Crippen molar-refractivity contribution in [1.82, 2.24) is 0 Å². The van der Waals surface area contributed by atoms with E-state index in [4.69, 9.17) is 14.2 Å². The second-order valence-corrected chi connectivity index (χ2v) is 11.5. The third-order valence-corrected chi connectivity index (χ3v) is 9.68. The normalized spacial score (nSPS) is 21.2. The number of carbonyl (C=O) groups is 3. The van der Waals surface area contributed by atoms with E-state index in [0.717, 1.165) is 11.3 Å². The highest BCUT2D eigenvalue weighted by Gasteiger charge is 2.71. The monoisotopic (exact) mass is 577 g/mol. The lowest BCUT2D eigenvalue weighted by Gasteiger charge is -2.37. The van der Waals surface area contributed by atoms with Crippen molar-refractivity contribution in [3.8, 4) is 17.2 Å². The Morgan fingerprint density at radius 1 is 0.833 bits per heavy atom. The Kier molecular flexibility index (Phi) is 6.06. The second kappa shape index (κ2) is 9.70. The number of hydrogen-bond acceptors (Lipinski definition) is 8. The van der Waals surface area contributed by atoms with Gasteiger partial charge in [0.2, 0.25) is 5.75 Å². The largest absolute Gasteiger partial charge is 0.493 e. The van der Waals surface area contributed by atoms with Crippen LogP contribution in [0.15, 0.2) is 84.3 Å². The molecule has 210 valence electrons. The average Bonchev–Trinajstić information content (AvgIpc) is 3.73. The zero-order valence-electron chi connectivity index (χ0n) is 23.2. The fraction of sp³-hybridized carbons (Fsp3) is 0.206. The predicted molar refractivity (Wildman–Crippen MR) is 161 cm³/mol. The van der Waals surface area contributed by atoms with Gasteiger partial charge in [-0.3, -0.25) is 14.4 Å². The summed E-state index contributed by atoms with van der Waals surface area (Å²) < 4.78 is 17.0. The van der Waals surface area contributed by atoms with Gasteiger partial charge in [-0.2, -0.15) is 0 Å². The van der Waals surface area contributed by atoms with Crippen LogP contribution in [0.4, 0.5) is 5.69 Å². The SMILES string of the molecule is COc1cc(C2C(C(=O)c3cccs3)N3c4ccccc4C=CC3C23C(=O)c2ccccc2C3=O)cc(OC)c1OC. The van der Waals surface area contributed by atoms with E-state index in [1.807, 2.05) is 52.8 Å². The number of ketones is 3. The van der Waals surface area contributed by atoms with E-state index in [9.17, 15) is 14.4 Å². The maximum Gasteiger partial charge on any atom is 0.203 e. The van der Waals surface area contributed by atoms with Crippen LogP contribution in [0.3, 0.4) is 0 Å². The van der Waals surface area contributed by atoms with Crippen LogP contribution in [0.1, 0.15) is 47.4 Å². The molecule has 0 amide bonds. The number of thiophene rings is 1. The number of para-hydroxylation sites is 1. The lowest BCUT2D eigenvalue weighted by Crippen LogP contribution is -2.48. The van der Waals surface area contributed by atoms with E-state index in [-0.39, 0.29) is 17.3 Å². The van der Waals surface area contributed by atoms with Gasteiger partial charge in [-0.25, -0.2) is 0 Å². The highest BCUT2D eigenvalue weighted by Crippen LogP contribution is 2.62. The topological polar surface area (TPSA) is 82.1 Å². The molecule has 1 fully saturated rings. The van der Waals surface area contributed by atoms with E-state index in [1.54, 1.807) is 42.5 Å². The summed E-state index contributed by atoms with van der Waals surface area (Å²) in [5, 5.41) is 1.86. The highest BCUT2D eigenvalue weighted by atomic mass is 32.1. The van der Waals surface area contributed by atoms with Crippen LogP contribution in [-0.2, 0) is 0 Å². The van der Waals surface area contributed by atoms with Crippen LogP contribution >= 0.6 is 11.3 Å². The molecular formula is C34H27NO6S. The molecule has 3 heterocycles. The predicted octanol–water partition coefficient (Wildman–Crippen LogP) is 6.09. The van der Waals surface area contributed by atoms with E-state index in [1.165, 1.54) is 32.7 Å². The van der Waals surface area contributed by atoms with Crippen LogP contribution in [0.5, 0.6) is 17.2 Å². The van der Waals surface area contributed by atoms with Crippen LogP contribution < -0.4 is 19.1 Å². The van der Waals surface area contributed by atoms with Gasteiger partial charge < -0.3 is 19.1 Å². The minimum Gasteiger partial charge on any atom is -0.493 e. The summed E-state index contributed by atoms with van der Waals surface area (Å²) >= 11 is 1.34. The lowest BCUT2D eigenvalue weighted by molar-refractivity contribution is 0.0665. The molecule has 0 N–H and O–H groups in total. The summed E-state index contributed by atoms with van der Waals surface area (Å²) in [6.07, 6.45) is 3.86. The number of benzene rings is 3. The van der Waals surface area contributed by atoms with Gasteiger partial charge in [-0.15, -0.1) is 11.3 Å². The summed E-state index contributed by atoms with van der Waals surface area (Å²) in [6.45, 7) is 0. The smallest absolute Gasteiger partial charge is 0.203 e. The minimum atomic E-state index is -1.62. The maximum absolute atomic E-state index is 14.8. The Morgan fingerprint density at radius 3 is 2.07 bits per heavy atom. The molecule has 2 aliphatic heterocycles. The standard InChI is InChI=1S/C34H27NO6S/c1-39-24-17-20(18-25(40-2)31(24)41-3)28-29(30(36)26-13-8-16-42-26)35-23-12-7-4-9-19(23)14-15-27(35)34(28)32(37)21-10-5-6-11-22(21)33(34)38/h4-18,27-29H,1-3H3. The molecule has 1 aliphatic carbocycles. The highest BCUT2D eigenvalue weighted by molar-refractivity contribution is 7.12. The Morgan fingerprint density at radius 2 is 1.48 bits per heavy atom. The van der Waals surface area contributed by atoms with Gasteiger partial charge in [-0.1, -0.05) is 60.7 Å². The Labute approximate surface area is 247 Å². The van der Waals surface area contributed by atoms with Gasteiger partial charge in [0.25, 0.3) is 0 Å². The molecule has 0 radical (unpaired) electrons. The van der Waals surface area contributed by atoms with E-state index < -0.39 is 23.4 Å². The van der Waals surface area contributed by atoms with Gasteiger partial charge in [-0.05, 0) is 40.8 Å². The molecule has 7 rings (SSSR count). The molecular weight excluding hydrogens is 550 g/mol. The van der Waals surface area contributed by atoms with Gasteiger partial charge in [0, 0.05) is 22.7 Å². The van der Waals surface area contributed by atoms with E-state index in [2.05, 4.69) is 0 Å². The van der Waals surface area contributed by atoms with Crippen molar-refractivity contribution in [2.45, 2.75) is 18.0 Å². The fourth-order valence-electron chi connectivity index (χ4n) is 7.14. The number of carbonyl (C=O) groups excluding carboxylic acids is 3. The zero-order valence-corrected chi connectivity index (χ0v) is 24.0. The molecule has 7 nitrogen and oxygen atoms in total. The molecule has 42 heavy (non-hydrogen) atoms. The van der Waals surface area contributed by atoms with Gasteiger partial charge in [0.15, 0.2) is 28.8 Å². The van der Waals surface area contributed by atoms with E-state index in [0.29, 0.717) is 38.8 Å². The quantitative estimate of drug-likeness (QED) is 0.203. The molecule has 1 spiro atoms. The Balaban J connectivity index is 1.58. The van der Waals surface area contributed by atoms with Crippen LogP contribution in [0.25, 0.3) is 6.08 Å². The molecule has 8 heteroatoms. The number of methoxy groups -OCH3 is 3. The second-order valence-electron chi connectivity index (χ2n) is 10.6. The van der Waals surface area contributed by atoms with Crippen molar-refractivity contribution in [2.75, 3.05) is 26.2 Å². The maximum atomic E-state index is 14.8. The first kappa shape index (κ1) is 26.2. The van der Waals surface area contributed by atoms with Crippen molar-refractivity contribution in [2.24, 2.45) is 5.41 Å². The molecule has 1 saturated heterocycles. The summed E-state index contributed by atoms with van der Waals surface area (Å²) in [4.78, 5) is 46.8. The van der Waals surface area contributed by atoms with Gasteiger partial charge >= 0.3 is 0 Å². The number of anilines is 1. The Hall–Kier alpha value is -4.69. The third kappa shape index (κ3) is 3.35. The molecule has 3 aliphatic rings. The number of rotatable bonds is 6. The van der Waals surface area contributed by atoms with Crippen LogP contribution in [0.2, 0.25) is 0 Å². The number of hydrogen-bond donors (Lipinski definition) is 0. The summed E-state index contributed by atoms with van der Waals surface area (Å²) in [5.41, 5.74) is 1.41. The summed E-state index contributed by atoms with van der Waals surface area (Å²) in [6, 6.07) is 20.3. The van der Waals surface area contributed by atoms with Crippen molar-refractivity contribution < 1.29 is 28.6 Å². The third-order valence-electron chi connectivity index (χ3n) is 8.79. The summed E-state index contributed by atoms with van der Waals surface area (Å²) in [7, 11) is 4.55. The molecule has 3 unspecified atom stereocenters. The van der Waals surface area contributed by atoms with Crippen LogP contribution in [0, 0.1) is 5.41 Å². The molecule has 3 aromatic carbocycles. The van der Waals surface area contributed by atoms with Crippen molar-refractivity contribution in [3.63, 3.8) is 0 Å². The van der Waals surface area contributed by atoms with Crippen LogP contribution in [-0.4, -0.2) is 50.8 Å². The number of ether oxygens (including phenoxy) is 3. The number of Topliss-reactive ketones (excluding diaryl/α,β-unsaturated/α-hetero) is 3. The molecule has 1 aromatic heterocycles. The number of nitrogens with zero attached hydrogens (tertiary/aromatic N) is 1. The molecule has 0 saturated carbocycles. The minimum absolute atomic E-state index is 0.160.